The minimum absolute atomic E-state index is 0.369. The molecule has 1 aliphatic rings. The number of ketones is 1. The summed E-state index contributed by atoms with van der Waals surface area (Å²) < 4.78 is 0. The Morgan fingerprint density at radius 3 is 2.68 bits per heavy atom. The molecule has 0 radical (unpaired) electrons. The van der Waals surface area contributed by atoms with Crippen molar-refractivity contribution in [2.75, 3.05) is 16.8 Å². The molecule has 4 heteroatoms. The van der Waals surface area contributed by atoms with E-state index in [9.17, 15) is 9.59 Å². The van der Waals surface area contributed by atoms with Gasteiger partial charge in [0.05, 0.1) is 11.3 Å². The van der Waals surface area contributed by atoms with Crippen LogP contribution in [0, 0.1) is 12.8 Å². The number of halogens is 1. The van der Waals surface area contributed by atoms with Gasteiger partial charge in [0, 0.05) is 11.9 Å². The first kappa shape index (κ1) is 14.3. The number of benzene rings is 1. The number of anilines is 1. The topological polar surface area (TPSA) is 37.4 Å². The van der Waals surface area contributed by atoms with E-state index >= 15 is 0 Å². The van der Waals surface area contributed by atoms with Crippen LogP contribution in [0.4, 0.5) is 5.69 Å². The molecular weight excluding hydrogens is 306 g/mol. The maximum atomic E-state index is 12.0. The van der Waals surface area contributed by atoms with E-state index in [0.29, 0.717) is 18.0 Å². The standard InChI is InChI=1S/C15H18BrNO2/c1-10(5-7-16)6-8-17-13-4-3-11(2)9-12(13)14(18)15(17)19/h3-4,9-10H,5-8H2,1-2H3. The Balaban J connectivity index is 2.15. The van der Waals surface area contributed by atoms with E-state index in [0.717, 1.165) is 29.4 Å². The fraction of sp³-hybridized carbons (Fsp3) is 0.467. The average molecular weight is 324 g/mol. The maximum absolute atomic E-state index is 12.0. The summed E-state index contributed by atoms with van der Waals surface area (Å²) in [6.45, 7) is 4.72. The van der Waals surface area contributed by atoms with Crippen molar-refractivity contribution >= 4 is 33.3 Å². The van der Waals surface area contributed by atoms with Gasteiger partial charge in [-0.25, -0.2) is 0 Å². The lowest BCUT2D eigenvalue weighted by Gasteiger charge is -2.19. The molecule has 1 amide bonds. The molecule has 102 valence electrons. The molecule has 0 aromatic heterocycles. The summed E-state index contributed by atoms with van der Waals surface area (Å²) in [5.74, 6) is -0.213. The molecule has 0 bridgehead atoms. The van der Waals surface area contributed by atoms with Crippen LogP contribution in [0.5, 0.6) is 0 Å². The first-order chi connectivity index (χ1) is 9.04. The van der Waals surface area contributed by atoms with Crippen LogP contribution < -0.4 is 4.90 Å². The summed E-state index contributed by atoms with van der Waals surface area (Å²) in [5, 5.41) is 0.969. The molecule has 0 saturated carbocycles. The third-order valence-corrected chi connectivity index (χ3v) is 4.03. The Kier molecular flexibility index (Phi) is 4.40. The zero-order chi connectivity index (χ0) is 14.0. The van der Waals surface area contributed by atoms with E-state index in [1.54, 1.807) is 11.0 Å². The van der Waals surface area contributed by atoms with Gasteiger partial charge in [0.2, 0.25) is 0 Å². The second kappa shape index (κ2) is 5.87. The van der Waals surface area contributed by atoms with Crippen molar-refractivity contribution in [3.8, 4) is 0 Å². The molecule has 1 aromatic carbocycles. The first-order valence-corrected chi connectivity index (χ1v) is 7.69. The summed E-state index contributed by atoms with van der Waals surface area (Å²) in [7, 11) is 0. The zero-order valence-electron chi connectivity index (χ0n) is 11.3. The zero-order valence-corrected chi connectivity index (χ0v) is 12.9. The van der Waals surface area contributed by atoms with Crippen molar-refractivity contribution in [1.82, 2.24) is 0 Å². The van der Waals surface area contributed by atoms with Crippen molar-refractivity contribution in [2.45, 2.75) is 26.7 Å². The third-order valence-electron chi connectivity index (χ3n) is 3.57. The smallest absolute Gasteiger partial charge is 0.299 e. The van der Waals surface area contributed by atoms with Gasteiger partial charge in [0.15, 0.2) is 0 Å². The van der Waals surface area contributed by atoms with E-state index in [1.165, 1.54) is 0 Å². The Labute approximate surface area is 122 Å². The van der Waals surface area contributed by atoms with Crippen molar-refractivity contribution in [1.29, 1.82) is 0 Å². The van der Waals surface area contributed by atoms with Crippen molar-refractivity contribution in [2.24, 2.45) is 5.92 Å². The fourth-order valence-corrected chi connectivity index (χ4v) is 3.10. The molecule has 1 heterocycles. The number of rotatable bonds is 5. The van der Waals surface area contributed by atoms with Gasteiger partial charge in [-0.05, 0) is 37.8 Å². The Hall–Kier alpha value is -1.16. The molecule has 0 fully saturated rings. The highest BCUT2D eigenvalue weighted by molar-refractivity contribution is 9.09. The van der Waals surface area contributed by atoms with E-state index in [1.807, 2.05) is 19.1 Å². The molecule has 0 saturated heterocycles. The Bertz CT molecular complexity index is 513. The highest BCUT2D eigenvalue weighted by Gasteiger charge is 2.35. The van der Waals surface area contributed by atoms with Crippen LogP contribution in [0.3, 0.4) is 0 Å². The molecule has 2 rings (SSSR count). The lowest BCUT2D eigenvalue weighted by atomic mass is 10.0. The van der Waals surface area contributed by atoms with Crippen LogP contribution in [0.15, 0.2) is 18.2 Å². The quantitative estimate of drug-likeness (QED) is 0.615. The molecule has 1 atom stereocenters. The third kappa shape index (κ3) is 2.89. The summed E-state index contributed by atoms with van der Waals surface area (Å²) >= 11 is 3.42. The van der Waals surface area contributed by atoms with Gasteiger partial charge in [-0.2, -0.15) is 0 Å². The second-order valence-corrected chi connectivity index (χ2v) is 5.97. The fourth-order valence-electron chi connectivity index (χ4n) is 2.32. The SMILES string of the molecule is Cc1ccc2c(c1)C(=O)C(=O)N2CCC(C)CCBr. The van der Waals surface area contributed by atoms with E-state index in [4.69, 9.17) is 0 Å². The number of Topliss-reactive ketones (excluding diaryl/α,β-unsaturated/α-hetero) is 1. The highest BCUT2D eigenvalue weighted by atomic mass is 79.9. The average Bonchev–Trinajstić information content (AvgIpc) is 2.61. The van der Waals surface area contributed by atoms with Gasteiger partial charge in [-0.15, -0.1) is 0 Å². The first-order valence-electron chi connectivity index (χ1n) is 6.57. The molecule has 1 aliphatic heterocycles. The van der Waals surface area contributed by atoms with Crippen molar-refractivity contribution in [3.63, 3.8) is 0 Å². The Morgan fingerprint density at radius 2 is 2.00 bits per heavy atom. The van der Waals surface area contributed by atoms with Crippen LogP contribution in [-0.4, -0.2) is 23.6 Å². The molecule has 1 aromatic rings. The van der Waals surface area contributed by atoms with E-state index in [-0.39, 0.29) is 11.7 Å². The number of alkyl halides is 1. The van der Waals surface area contributed by atoms with Crippen LogP contribution in [0.25, 0.3) is 0 Å². The highest BCUT2D eigenvalue weighted by Crippen LogP contribution is 2.30. The van der Waals surface area contributed by atoms with E-state index in [2.05, 4.69) is 22.9 Å². The minimum atomic E-state index is -0.383. The molecule has 0 spiro atoms. The van der Waals surface area contributed by atoms with Crippen molar-refractivity contribution in [3.05, 3.63) is 29.3 Å². The number of carbonyl (C=O) groups is 2. The van der Waals surface area contributed by atoms with Crippen LogP contribution in [0.1, 0.15) is 35.7 Å². The van der Waals surface area contributed by atoms with Gasteiger partial charge < -0.3 is 4.90 Å². The number of nitrogens with zero attached hydrogens (tertiary/aromatic N) is 1. The minimum Gasteiger partial charge on any atom is -0.305 e. The summed E-state index contributed by atoms with van der Waals surface area (Å²) in [4.78, 5) is 25.6. The normalized spacial score (nSPS) is 15.8. The number of hydrogen-bond acceptors (Lipinski definition) is 2. The number of hydrogen-bond donors (Lipinski definition) is 0. The molecule has 19 heavy (non-hydrogen) atoms. The molecule has 1 unspecified atom stereocenters. The van der Waals surface area contributed by atoms with E-state index < -0.39 is 0 Å². The number of carbonyl (C=O) groups excluding carboxylic acids is 2. The second-order valence-electron chi connectivity index (χ2n) is 5.18. The van der Waals surface area contributed by atoms with Gasteiger partial charge >= 0.3 is 0 Å². The lowest BCUT2D eigenvalue weighted by molar-refractivity contribution is -0.114. The predicted molar refractivity (Wildman–Crippen MR) is 80.1 cm³/mol. The van der Waals surface area contributed by atoms with Crippen LogP contribution in [0.2, 0.25) is 0 Å². The largest absolute Gasteiger partial charge is 0.305 e. The molecule has 0 aliphatic carbocycles. The lowest BCUT2D eigenvalue weighted by Crippen LogP contribution is -2.31. The molecular formula is C15H18BrNO2. The summed E-state index contributed by atoms with van der Waals surface area (Å²) in [6, 6.07) is 5.62. The monoisotopic (exact) mass is 323 g/mol. The van der Waals surface area contributed by atoms with Crippen molar-refractivity contribution < 1.29 is 9.59 Å². The molecule has 3 nitrogen and oxygen atoms in total. The number of amides is 1. The summed E-state index contributed by atoms with van der Waals surface area (Å²) in [5.41, 5.74) is 2.33. The van der Waals surface area contributed by atoms with Gasteiger partial charge in [0.1, 0.15) is 0 Å². The van der Waals surface area contributed by atoms with Crippen LogP contribution in [-0.2, 0) is 4.79 Å². The maximum Gasteiger partial charge on any atom is 0.299 e. The number of aryl methyl sites for hydroxylation is 1. The van der Waals surface area contributed by atoms with Crippen LogP contribution >= 0.6 is 15.9 Å². The number of fused-ring (bicyclic) bond motifs is 1. The van der Waals surface area contributed by atoms with Gasteiger partial charge in [-0.3, -0.25) is 9.59 Å². The predicted octanol–water partition coefficient (Wildman–Crippen LogP) is 3.34. The van der Waals surface area contributed by atoms with Gasteiger partial charge in [-0.1, -0.05) is 34.5 Å². The Morgan fingerprint density at radius 1 is 1.26 bits per heavy atom. The summed E-state index contributed by atoms with van der Waals surface area (Å²) in [6.07, 6.45) is 1.99. The van der Waals surface area contributed by atoms with Gasteiger partial charge in [0.25, 0.3) is 11.7 Å². The molecule has 0 N–H and O–H groups in total.